The summed E-state index contributed by atoms with van der Waals surface area (Å²) in [6, 6.07) is 3.25. The predicted octanol–water partition coefficient (Wildman–Crippen LogP) is 2.84. The second-order valence-corrected chi connectivity index (χ2v) is 8.70. The Morgan fingerprint density at radius 2 is 2.07 bits per heavy atom. The first kappa shape index (κ1) is 17.6. The number of halogens is 1. The molecule has 1 aliphatic carbocycles. The Morgan fingerprint density at radius 1 is 1.33 bits per heavy atom. The first-order chi connectivity index (χ1) is 12.8. The van der Waals surface area contributed by atoms with Crippen LogP contribution < -0.4 is 5.32 Å². The van der Waals surface area contributed by atoms with E-state index >= 15 is 0 Å². The van der Waals surface area contributed by atoms with Gasteiger partial charge in [0.25, 0.3) is 0 Å². The van der Waals surface area contributed by atoms with E-state index in [-0.39, 0.29) is 16.8 Å². The minimum Gasteiger partial charge on any atom is -0.311 e. The molecule has 140 valence electrons. The second kappa shape index (κ2) is 6.12. The van der Waals surface area contributed by atoms with E-state index in [9.17, 15) is 17.6 Å². The molecule has 0 bridgehead atoms. The van der Waals surface area contributed by atoms with Crippen molar-refractivity contribution in [3.63, 3.8) is 0 Å². The van der Waals surface area contributed by atoms with Crippen molar-refractivity contribution in [1.29, 1.82) is 0 Å². The second-order valence-electron chi connectivity index (χ2n) is 6.61. The highest BCUT2D eigenvalue weighted by atomic mass is 32.2. The Labute approximate surface area is 155 Å². The van der Waals surface area contributed by atoms with Crippen LogP contribution in [0.3, 0.4) is 0 Å². The van der Waals surface area contributed by atoms with Crippen molar-refractivity contribution in [1.82, 2.24) is 13.9 Å². The Bertz CT molecular complexity index is 1180. The predicted molar refractivity (Wildman–Crippen MR) is 99.3 cm³/mol. The molecule has 0 spiro atoms. The van der Waals surface area contributed by atoms with Gasteiger partial charge in [0, 0.05) is 30.3 Å². The molecule has 0 aliphatic heterocycles. The molecule has 4 rings (SSSR count). The van der Waals surface area contributed by atoms with Gasteiger partial charge in [-0.25, -0.2) is 21.8 Å². The van der Waals surface area contributed by atoms with Gasteiger partial charge < -0.3 is 5.32 Å². The van der Waals surface area contributed by atoms with E-state index in [1.54, 1.807) is 19.1 Å². The van der Waals surface area contributed by atoms with Crippen molar-refractivity contribution in [2.24, 2.45) is 0 Å². The minimum atomic E-state index is -3.65. The third-order valence-electron chi connectivity index (χ3n) is 4.52. The lowest BCUT2D eigenvalue weighted by Crippen LogP contribution is -2.17. The van der Waals surface area contributed by atoms with E-state index in [0.29, 0.717) is 35.5 Å². The summed E-state index contributed by atoms with van der Waals surface area (Å²) in [7, 11) is -3.65. The van der Waals surface area contributed by atoms with Crippen molar-refractivity contribution in [2.45, 2.75) is 31.9 Å². The third-order valence-corrected chi connectivity index (χ3v) is 6.67. The summed E-state index contributed by atoms with van der Waals surface area (Å²) in [4.78, 5) is 19.6. The summed E-state index contributed by atoms with van der Waals surface area (Å²) in [6.45, 7) is 3.02. The van der Waals surface area contributed by atoms with Crippen LogP contribution in [0.1, 0.15) is 25.5 Å². The van der Waals surface area contributed by atoms with Crippen molar-refractivity contribution < 1.29 is 17.6 Å². The highest BCUT2D eigenvalue weighted by Crippen LogP contribution is 2.37. The van der Waals surface area contributed by atoms with Crippen LogP contribution in [0.15, 0.2) is 30.7 Å². The quantitative estimate of drug-likeness (QED) is 0.742. The molecule has 27 heavy (non-hydrogen) atoms. The molecule has 0 unspecified atom stereocenters. The normalized spacial score (nSPS) is 14.5. The first-order valence-corrected chi connectivity index (χ1v) is 9.94. The van der Waals surface area contributed by atoms with Crippen molar-refractivity contribution in [3.05, 3.63) is 42.2 Å². The zero-order valence-electron chi connectivity index (χ0n) is 14.7. The summed E-state index contributed by atoms with van der Waals surface area (Å²) >= 11 is 0. The largest absolute Gasteiger partial charge is 0.311 e. The average molecular weight is 388 g/mol. The molecule has 3 aromatic rings. The van der Waals surface area contributed by atoms with Gasteiger partial charge in [-0.3, -0.25) is 9.78 Å². The van der Waals surface area contributed by atoms with Gasteiger partial charge >= 0.3 is 0 Å². The molecule has 9 heteroatoms. The maximum Gasteiger partial charge on any atom is 0.242 e. The van der Waals surface area contributed by atoms with Crippen molar-refractivity contribution in [2.75, 3.05) is 5.32 Å². The van der Waals surface area contributed by atoms with Crippen LogP contribution in [0.2, 0.25) is 0 Å². The SMILES string of the molecule is CC(=O)Nc1cc(-c2cnc(C)c3c2c(F)cn3S(=O)(=O)C2CC2)ccn1. The van der Waals surface area contributed by atoms with Crippen LogP contribution in [0.25, 0.3) is 22.0 Å². The van der Waals surface area contributed by atoms with Gasteiger partial charge in [-0.2, -0.15) is 0 Å². The molecule has 3 heterocycles. The fourth-order valence-corrected chi connectivity index (χ4v) is 4.90. The number of carbonyl (C=O) groups excluding carboxylic acids is 1. The summed E-state index contributed by atoms with van der Waals surface area (Å²) in [5, 5.41) is 2.29. The zero-order chi connectivity index (χ0) is 19.3. The Hall–Kier alpha value is -2.81. The van der Waals surface area contributed by atoms with Gasteiger partial charge in [-0.15, -0.1) is 0 Å². The summed E-state index contributed by atoms with van der Waals surface area (Å²) in [6.07, 6.45) is 5.18. The smallest absolute Gasteiger partial charge is 0.242 e. The number of nitrogens with one attached hydrogen (secondary N) is 1. The van der Waals surface area contributed by atoms with Crippen LogP contribution in [0, 0.1) is 12.7 Å². The number of hydrogen-bond donors (Lipinski definition) is 1. The first-order valence-electron chi connectivity index (χ1n) is 8.43. The Balaban J connectivity index is 1.95. The number of anilines is 1. The third kappa shape index (κ3) is 2.97. The zero-order valence-corrected chi connectivity index (χ0v) is 15.5. The molecular weight excluding hydrogens is 371 g/mol. The standard InChI is InChI=1S/C18H17FN4O3S/c1-10-18-17(15(19)9-23(18)27(25,26)13-3-4-13)14(8-21-10)12-5-6-20-16(7-12)22-11(2)24/h5-9,13H,3-4H2,1-2H3,(H,20,22,24). The van der Waals surface area contributed by atoms with E-state index in [4.69, 9.17) is 0 Å². The number of rotatable bonds is 4. The maximum absolute atomic E-state index is 14.9. The van der Waals surface area contributed by atoms with Crippen molar-refractivity contribution in [3.8, 4) is 11.1 Å². The van der Waals surface area contributed by atoms with Gasteiger partial charge in [0.2, 0.25) is 15.9 Å². The summed E-state index contributed by atoms with van der Waals surface area (Å²) < 4.78 is 41.3. The van der Waals surface area contributed by atoms with E-state index in [2.05, 4.69) is 15.3 Å². The highest BCUT2D eigenvalue weighted by Gasteiger charge is 2.38. The lowest BCUT2D eigenvalue weighted by Gasteiger charge is -2.10. The fraction of sp³-hybridized carbons (Fsp3) is 0.278. The minimum absolute atomic E-state index is 0.187. The van der Waals surface area contributed by atoms with Crippen LogP contribution in [-0.2, 0) is 14.8 Å². The monoisotopic (exact) mass is 388 g/mol. The van der Waals surface area contributed by atoms with Crippen LogP contribution in [0.4, 0.5) is 10.2 Å². The maximum atomic E-state index is 14.9. The van der Waals surface area contributed by atoms with Crippen LogP contribution in [-0.4, -0.2) is 33.5 Å². The Morgan fingerprint density at radius 3 is 2.74 bits per heavy atom. The number of aromatic nitrogens is 3. The van der Waals surface area contributed by atoms with Gasteiger partial charge in [0.05, 0.1) is 22.7 Å². The summed E-state index contributed by atoms with van der Waals surface area (Å²) in [5.41, 5.74) is 1.69. The number of aryl methyl sites for hydroxylation is 1. The molecule has 1 saturated carbocycles. The van der Waals surface area contributed by atoms with Crippen LogP contribution in [0.5, 0.6) is 0 Å². The van der Waals surface area contributed by atoms with E-state index < -0.39 is 21.1 Å². The lowest BCUT2D eigenvalue weighted by atomic mass is 10.0. The number of hydrogen-bond acceptors (Lipinski definition) is 5. The van der Waals surface area contributed by atoms with Gasteiger partial charge in [-0.1, -0.05) is 0 Å². The van der Waals surface area contributed by atoms with Gasteiger partial charge in [0.15, 0.2) is 5.82 Å². The van der Waals surface area contributed by atoms with Gasteiger partial charge in [-0.05, 0) is 37.5 Å². The molecule has 0 aromatic carbocycles. The van der Waals surface area contributed by atoms with E-state index in [0.717, 1.165) is 10.2 Å². The summed E-state index contributed by atoms with van der Waals surface area (Å²) in [5.74, 6) is -0.591. The molecule has 1 fully saturated rings. The average Bonchev–Trinajstić information content (AvgIpc) is 3.40. The topological polar surface area (TPSA) is 94.0 Å². The molecule has 1 amide bonds. The Kier molecular flexibility index (Phi) is 3.99. The molecule has 1 N–H and O–H groups in total. The molecular formula is C18H17FN4O3S. The number of carbonyl (C=O) groups is 1. The molecule has 3 aromatic heterocycles. The number of amides is 1. The van der Waals surface area contributed by atoms with Crippen LogP contribution >= 0.6 is 0 Å². The molecule has 0 saturated heterocycles. The lowest BCUT2D eigenvalue weighted by molar-refractivity contribution is -0.114. The molecule has 7 nitrogen and oxygen atoms in total. The fourth-order valence-electron chi connectivity index (χ4n) is 3.13. The van der Waals surface area contributed by atoms with E-state index in [1.807, 2.05) is 0 Å². The van der Waals surface area contributed by atoms with Gasteiger partial charge in [0.1, 0.15) is 5.82 Å². The van der Waals surface area contributed by atoms with E-state index in [1.165, 1.54) is 19.3 Å². The van der Waals surface area contributed by atoms with Crippen molar-refractivity contribution >= 4 is 32.7 Å². The highest BCUT2D eigenvalue weighted by molar-refractivity contribution is 7.91. The number of pyridine rings is 2. The number of nitrogens with zero attached hydrogens (tertiary/aromatic N) is 3. The number of fused-ring (bicyclic) bond motifs is 1. The molecule has 0 radical (unpaired) electrons. The molecule has 1 aliphatic rings. The molecule has 0 atom stereocenters.